The quantitative estimate of drug-likeness (QED) is 0.581. The van der Waals surface area contributed by atoms with Gasteiger partial charge in [-0.1, -0.05) is 0 Å². The van der Waals surface area contributed by atoms with E-state index >= 15 is 0 Å². The molecular weight excluding hydrogens is 152 g/mol. The van der Waals surface area contributed by atoms with Crippen LogP contribution in [0.5, 0.6) is 0 Å². The largest absolute Gasteiger partial charge is 0.321 e. The number of amides is 1. The van der Waals surface area contributed by atoms with Crippen LogP contribution in [0.1, 0.15) is 32.6 Å². The molecule has 0 N–H and O–H groups in total. The maximum Gasteiger partial charge on any atom is 0.224 e. The van der Waals surface area contributed by atoms with E-state index in [9.17, 15) is 4.79 Å². The molecule has 0 radical (unpaired) electrons. The standard InChI is InChI=1S/C9H12N2O/c1-9(6-10)5-4-8(12)11(9)7-2-3-7/h7H,2-5H2,1H3/t9-/m1/s1. The van der Waals surface area contributed by atoms with Gasteiger partial charge in [0.2, 0.25) is 5.91 Å². The Hall–Kier alpha value is -1.04. The summed E-state index contributed by atoms with van der Waals surface area (Å²) < 4.78 is 0. The first-order valence-corrected chi connectivity index (χ1v) is 4.41. The fourth-order valence-electron chi connectivity index (χ4n) is 1.92. The highest BCUT2D eigenvalue weighted by atomic mass is 16.2. The first kappa shape index (κ1) is 7.60. The molecule has 0 spiro atoms. The minimum absolute atomic E-state index is 0.168. The second kappa shape index (κ2) is 2.22. The van der Waals surface area contributed by atoms with Crippen LogP contribution in [0.2, 0.25) is 0 Å². The summed E-state index contributed by atoms with van der Waals surface area (Å²) in [5.41, 5.74) is -0.502. The van der Waals surface area contributed by atoms with Gasteiger partial charge < -0.3 is 4.90 Å². The van der Waals surface area contributed by atoms with Crippen molar-refractivity contribution in [1.29, 1.82) is 5.26 Å². The Balaban J connectivity index is 2.25. The number of carbonyl (C=O) groups is 1. The van der Waals surface area contributed by atoms with Gasteiger partial charge in [-0.15, -0.1) is 0 Å². The SMILES string of the molecule is C[C@]1(C#N)CCC(=O)N1C1CC1. The van der Waals surface area contributed by atoms with E-state index in [1.165, 1.54) is 0 Å². The minimum Gasteiger partial charge on any atom is -0.321 e. The Morgan fingerprint density at radius 2 is 2.33 bits per heavy atom. The van der Waals surface area contributed by atoms with Crippen LogP contribution in [-0.2, 0) is 4.79 Å². The molecule has 2 aliphatic rings. The zero-order chi connectivity index (χ0) is 8.77. The highest BCUT2D eigenvalue weighted by Gasteiger charge is 2.48. The third-order valence-corrected chi connectivity index (χ3v) is 2.78. The molecule has 3 nitrogen and oxygen atoms in total. The number of rotatable bonds is 1. The van der Waals surface area contributed by atoms with E-state index in [2.05, 4.69) is 6.07 Å². The van der Waals surface area contributed by atoms with Crippen LogP contribution in [-0.4, -0.2) is 22.4 Å². The second-order valence-electron chi connectivity index (χ2n) is 3.88. The lowest BCUT2D eigenvalue weighted by molar-refractivity contribution is -0.130. The summed E-state index contributed by atoms with van der Waals surface area (Å²) in [6, 6.07) is 2.63. The normalized spacial score (nSPS) is 35.3. The van der Waals surface area contributed by atoms with Crippen LogP contribution >= 0.6 is 0 Å². The van der Waals surface area contributed by atoms with Crippen molar-refractivity contribution in [2.45, 2.75) is 44.2 Å². The molecule has 0 unspecified atom stereocenters. The molecule has 1 heterocycles. The van der Waals surface area contributed by atoms with Crippen LogP contribution in [0.3, 0.4) is 0 Å². The van der Waals surface area contributed by atoms with Crippen molar-refractivity contribution in [2.75, 3.05) is 0 Å². The Bertz CT molecular complexity index is 264. The summed E-state index contributed by atoms with van der Waals surface area (Å²) in [5, 5.41) is 8.95. The molecule has 1 amide bonds. The number of carbonyl (C=O) groups excluding carboxylic acids is 1. The maximum atomic E-state index is 11.4. The lowest BCUT2D eigenvalue weighted by Gasteiger charge is -2.28. The third-order valence-electron chi connectivity index (χ3n) is 2.78. The molecule has 12 heavy (non-hydrogen) atoms. The molecule has 3 heteroatoms. The minimum atomic E-state index is -0.502. The number of nitriles is 1. The molecule has 2 rings (SSSR count). The average molecular weight is 164 g/mol. The Morgan fingerprint density at radius 3 is 2.83 bits per heavy atom. The average Bonchev–Trinajstić information content (AvgIpc) is 2.82. The monoisotopic (exact) mass is 164 g/mol. The van der Waals surface area contributed by atoms with E-state index in [0.29, 0.717) is 18.9 Å². The summed E-state index contributed by atoms with van der Waals surface area (Å²) in [7, 11) is 0. The fraction of sp³-hybridized carbons (Fsp3) is 0.778. The smallest absolute Gasteiger partial charge is 0.224 e. The maximum absolute atomic E-state index is 11.4. The number of hydrogen-bond acceptors (Lipinski definition) is 2. The van der Waals surface area contributed by atoms with Gasteiger partial charge in [-0.2, -0.15) is 5.26 Å². The van der Waals surface area contributed by atoms with Crippen molar-refractivity contribution in [3.05, 3.63) is 0 Å². The Labute approximate surface area is 72.0 Å². The highest BCUT2D eigenvalue weighted by Crippen LogP contribution is 2.39. The number of hydrogen-bond donors (Lipinski definition) is 0. The van der Waals surface area contributed by atoms with Crippen molar-refractivity contribution in [3.8, 4) is 6.07 Å². The zero-order valence-electron chi connectivity index (χ0n) is 7.21. The van der Waals surface area contributed by atoms with Gasteiger partial charge in [-0.25, -0.2) is 0 Å². The van der Waals surface area contributed by atoms with Crippen LogP contribution < -0.4 is 0 Å². The van der Waals surface area contributed by atoms with Gasteiger partial charge in [-0.05, 0) is 26.2 Å². The summed E-state index contributed by atoms with van der Waals surface area (Å²) in [6.45, 7) is 1.87. The molecule has 1 atom stereocenters. The van der Waals surface area contributed by atoms with Crippen molar-refractivity contribution < 1.29 is 4.79 Å². The molecule has 1 aliphatic carbocycles. The van der Waals surface area contributed by atoms with Crippen LogP contribution in [0.4, 0.5) is 0 Å². The van der Waals surface area contributed by atoms with E-state index in [1.54, 1.807) is 4.90 Å². The molecule has 0 aromatic carbocycles. The number of likely N-dealkylation sites (tertiary alicyclic amines) is 1. The summed E-state index contributed by atoms with van der Waals surface area (Å²) in [5.74, 6) is 0.168. The first-order chi connectivity index (χ1) is 5.67. The van der Waals surface area contributed by atoms with Crippen molar-refractivity contribution >= 4 is 5.91 Å². The topological polar surface area (TPSA) is 44.1 Å². The predicted octanol–water partition coefficient (Wildman–Crippen LogP) is 1.05. The van der Waals surface area contributed by atoms with Crippen LogP contribution in [0, 0.1) is 11.3 Å². The molecule has 2 fully saturated rings. The van der Waals surface area contributed by atoms with E-state index in [4.69, 9.17) is 5.26 Å². The molecule has 1 aliphatic heterocycles. The van der Waals surface area contributed by atoms with E-state index in [-0.39, 0.29) is 5.91 Å². The highest BCUT2D eigenvalue weighted by molar-refractivity contribution is 5.81. The van der Waals surface area contributed by atoms with E-state index in [1.807, 2.05) is 6.92 Å². The van der Waals surface area contributed by atoms with Gasteiger partial charge in [0.05, 0.1) is 6.07 Å². The zero-order valence-corrected chi connectivity index (χ0v) is 7.21. The van der Waals surface area contributed by atoms with Gasteiger partial charge in [0.15, 0.2) is 0 Å². The predicted molar refractivity (Wildman–Crippen MR) is 43.1 cm³/mol. The van der Waals surface area contributed by atoms with Gasteiger partial charge in [0.1, 0.15) is 5.54 Å². The summed E-state index contributed by atoms with van der Waals surface area (Å²) in [6.07, 6.45) is 3.44. The first-order valence-electron chi connectivity index (χ1n) is 4.41. The second-order valence-corrected chi connectivity index (χ2v) is 3.88. The molecule has 0 bridgehead atoms. The van der Waals surface area contributed by atoms with Gasteiger partial charge >= 0.3 is 0 Å². The molecule has 1 saturated carbocycles. The van der Waals surface area contributed by atoms with Gasteiger partial charge in [-0.3, -0.25) is 4.79 Å². The van der Waals surface area contributed by atoms with Gasteiger partial charge in [0.25, 0.3) is 0 Å². The molecule has 0 aromatic rings. The molecular formula is C9H12N2O. The molecule has 0 aromatic heterocycles. The molecule has 1 saturated heterocycles. The third kappa shape index (κ3) is 0.911. The Morgan fingerprint density at radius 1 is 1.67 bits per heavy atom. The lowest BCUT2D eigenvalue weighted by Crippen LogP contribution is -2.43. The van der Waals surface area contributed by atoms with Crippen molar-refractivity contribution in [2.24, 2.45) is 0 Å². The van der Waals surface area contributed by atoms with E-state index < -0.39 is 5.54 Å². The number of nitrogens with zero attached hydrogens (tertiary/aromatic N) is 2. The van der Waals surface area contributed by atoms with Gasteiger partial charge in [0, 0.05) is 12.5 Å². The van der Waals surface area contributed by atoms with Crippen LogP contribution in [0.15, 0.2) is 0 Å². The van der Waals surface area contributed by atoms with Crippen molar-refractivity contribution in [3.63, 3.8) is 0 Å². The summed E-state index contributed by atoms with van der Waals surface area (Å²) in [4.78, 5) is 13.2. The Kier molecular flexibility index (Phi) is 1.41. The molecule has 64 valence electrons. The summed E-state index contributed by atoms with van der Waals surface area (Å²) >= 11 is 0. The lowest BCUT2D eigenvalue weighted by atomic mass is 10.0. The fourth-order valence-corrected chi connectivity index (χ4v) is 1.92. The van der Waals surface area contributed by atoms with E-state index in [0.717, 1.165) is 12.8 Å². The van der Waals surface area contributed by atoms with Crippen molar-refractivity contribution in [1.82, 2.24) is 4.90 Å². The van der Waals surface area contributed by atoms with Crippen LogP contribution in [0.25, 0.3) is 0 Å².